The fourth-order valence-electron chi connectivity index (χ4n) is 1.89. The van der Waals surface area contributed by atoms with Gasteiger partial charge >= 0.3 is 0 Å². The van der Waals surface area contributed by atoms with E-state index in [2.05, 4.69) is 39.9 Å². The summed E-state index contributed by atoms with van der Waals surface area (Å²) in [7, 11) is -1.78. The first-order valence-electron chi connectivity index (χ1n) is 6.89. The molecule has 2 N–H and O–H groups in total. The van der Waals surface area contributed by atoms with E-state index in [1.807, 2.05) is 12.1 Å². The van der Waals surface area contributed by atoms with E-state index < -0.39 is 8.32 Å². The molecule has 0 radical (unpaired) electrons. The van der Waals surface area contributed by atoms with E-state index in [-0.39, 0.29) is 11.1 Å². The first kappa shape index (κ1) is 14.4. The van der Waals surface area contributed by atoms with Crippen LogP contribution in [0.2, 0.25) is 18.1 Å². The lowest BCUT2D eigenvalue weighted by Crippen LogP contribution is -2.43. The molecule has 0 aliphatic carbocycles. The molecule has 19 heavy (non-hydrogen) atoms. The van der Waals surface area contributed by atoms with Gasteiger partial charge in [-0.05, 0) is 36.2 Å². The minimum absolute atomic E-state index is 0.111. The second-order valence-electron chi connectivity index (χ2n) is 6.91. The third-order valence-corrected chi connectivity index (χ3v) is 8.51. The lowest BCUT2D eigenvalue weighted by Gasteiger charge is -2.36. The Hall–Kier alpha value is -1.00. The van der Waals surface area contributed by atoms with Crippen molar-refractivity contribution in [1.29, 1.82) is 0 Å². The topological polar surface area (TPSA) is 44.5 Å². The molecule has 0 amide bonds. The summed E-state index contributed by atoms with van der Waals surface area (Å²) in [5.74, 6) is 1.85. The van der Waals surface area contributed by atoms with Gasteiger partial charge in [0.25, 0.3) is 0 Å². The third kappa shape index (κ3) is 3.12. The van der Waals surface area contributed by atoms with Crippen LogP contribution in [-0.4, -0.2) is 21.0 Å². The molecule has 1 aliphatic heterocycles. The molecule has 3 nitrogen and oxygen atoms in total. The van der Waals surface area contributed by atoms with Crippen molar-refractivity contribution in [3.8, 4) is 11.5 Å². The average molecular weight is 279 g/mol. The van der Waals surface area contributed by atoms with E-state index in [1.54, 1.807) is 0 Å². The Morgan fingerprint density at radius 3 is 2.63 bits per heavy atom. The summed E-state index contributed by atoms with van der Waals surface area (Å²) < 4.78 is 12.0. The summed E-state index contributed by atoms with van der Waals surface area (Å²) in [5.41, 5.74) is 7.08. The van der Waals surface area contributed by atoms with Crippen LogP contribution in [0.15, 0.2) is 18.2 Å². The highest BCUT2D eigenvalue weighted by Crippen LogP contribution is 2.38. The van der Waals surface area contributed by atoms with Crippen LogP contribution in [0.3, 0.4) is 0 Å². The Morgan fingerprint density at radius 1 is 1.32 bits per heavy atom. The van der Waals surface area contributed by atoms with Crippen LogP contribution >= 0.6 is 0 Å². The molecule has 1 aliphatic rings. The van der Waals surface area contributed by atoms with Gasteiger partial charge in [0.05, 0.1) is 0 Å². The molecule has 0 aromatic heterocycles. The first-order valence-corrected chi connectivity index (χ1v) is 9.80. The lowest BCUT2D eigenvalue weighted by atomic mass is 10.0. The normalized spacial score (nSPS) is 19.6. The minimum Gasteiger partial charge on any atom is -0.543 e. The second-order valence-corrected chi connectivity index (χ2v) is 11.6. The molecule has 1 aromatic rings. The van der Waals surface area contributed by atoms with Crippen molar-refractivity contribution in [3.05, 3.63) is 23.8 Å². The maximum Gasteiger partial charge on any atom is 0.250 e. The van der Waals surface area contributed by atoms with Gasteiger partial charge in [0.2, 0.25) is 8.32 Å². The smallest absolute Gasteiger partial charge is 0.250 e. The van der Waals surface area contributed by atoms with E-state index >= 15 is 0 Å². The summed E-state index contributed by atoms with van der Waals surface area (Å²) in [5, 5.41) is 0.201. The van der Waals surface area contributed by atoms with E-state index in [1.165, 1.54) is 5.56 Å². The average Bonchev–Trinajstić information content (AvgIpc) is 2.27. The lowest BCUT2D eigenvalue weighted by molar-refractivity contribution is 0.262. The summed E-state index contributed by atoms with van der Waals surface area (Å²) in [4.78, 5) is 0. The fraction of sp³-hybridized carbons (Fsp3) is 0.600. The van der Waals surface area contributed by atoms with E-state index in [4.69, 9.17) is 14.9 Å². The summed E-state index contributed by atoms with van der Waals surface area (Å²) in [6.07, 6.45) is 0.885. The third-order valence-electron chi connectivity index (χ3n) is 4.15. The molecular weight excluding hydrogens is 254 g/mol. The van der Waals surface area contributed by atoms with Crippen LogP contribution in [-0.2, 0) is 6.42 Å². The van der Waals surface area contributed by atoms with Crippen molar-refractivity contribution in [2.75, 3.05) is 6.61 Å². The monoisotopic (exact) mass is 279 g/mol. The van der Waals surface area contributed by atoms with Crippen molar-refractivity contribution in [2.45, 2.75) is 51.4 Å². The Balaban J connectivity index is 2.20. The van der Waals surface area contributed by atoms with Gasteiger partial charge in [-0.25, -0.2) is 0 Å². The Bertz CT molecular complexity index is 466. The fourth-order valence-corrected chi connectivity index (χ4v) is 2.91. The quantitative estimate of drug-likeness (QED) is 0.845. The number of fused-ring (bicyclic) bond motifs is 1. The summed E-state index contributed by atoms with van der Waals surface area (Å²) in [6.45, 7) is 11.8. The highest BCUT2D eigenvalue weighted by molar-refractivity contribution is 6.74. The van der Waals surface area contributed by atoms with Gasteiger partial charge in [-0.1, -0.05) is 26.8 Å². The number of nitrogens with two attached hydrogens (primary N) is 1. The standard InChI is InChI=1S/C15H25NO2Si/c1-15(2,3)19(4,5)18-13-7-6-11-8-12(16)10-17-14(11)9-13/h6-7,9,12H,8,10,16H2,1-5H3. The summed E-state index contributed by atoms with van der Waals surface area (Å²) >= 11 is 0. The van der Waals surface area contributed by atoms with Crippen LogP contribution in [0.5, 0.6) is 11.5 Å². The van der Waals surface area contributed by atoms with Gasteiger partial charge in [0.1, 0.15) is 18.1 Å². The van der Waals surface area contributed by atoms with Crippen LogP contribution in [0.25, 0.3) is 0 Å². The van der Waals surface area contributed by atoms with Gasteiger partial charge in [-0.3, -0.25) is 0 Å². The van der Waals surface area contributed by atoms with Gasteiger partial charge < -0.3 is 14.9 Å². The van der Waals surface area contributed by atoms with Gasteiger partial charge in [-0.15, -0.1) is 0 Å². The number of benzene rings is 1. The molecule has 1 aromatic carbocycles. The van der Waals surface area contributed by atoms with Crippen molar-refractivity contribution in [2.24, 2.45) is 5.73 Å². The summed E-state index contributed by atoms with van der Waals surface area (Å²) in [6, 6.07) is 6.25. The molecule has 2 rings (SSSR count). The van der Waals surface area contributed by atoms with Crippen molar-refractivity contribution in [3.63, 3.8) is 0 Å². The van der Waals surface area contributed by atoms with Gasteiger partial charge in [-0.2, -0.15) is 0 Å². The van der Waals surface area contributed by atoms with E-state index in [0.717, 1.165) is 17.9 Å². The van der Waals surface area contributed by atoms with Crippen molar-refractivity contribution >= 4 is 8.32 Å². The van der Waals surface area contributed by atoms with Gasteiger partial charge in [0, 0.05) is 12.1 Å². The minimum atomic E-state index is -1.78. The molecule has 1 atom stereocenters. The number of ether oxygens (including phenoxy) is 1. The Labute approximate surface area is 117 Å². The zero-order valence-corrected chi connectivity index (χ0v) is 13.6. The zero-order chi connectivity index (χ0) is 14.3. The SMILES string of the molecule is CC(C)(C)[Si](C)(C)Oc1ccc2c(c1)OCC(N)C2. The predicted octanol–water partition coefficient (Wildman–Crippen LogP) is 3.33. The van der Waals surface area contributed by atoms with Crippen LogP contribution in [0, 0.1) is 0 Å². The van der Waals surface area contributed by atoms with Crippen LogP contribution in [0.1, 0.15) is 26.3 Å². The second kappa shape index (κ2) is 4.83. The van der Waals surface area contributed by atoms with Gasteiger partial charge in [0.15, 0.2) is 0 Å². The molecule has 106 valence electrons. The van der Waals surface area contributed by atoms with E-state index in [9.17, 15) is 0 Å². The molecule has 0 bridgehead atoms. The molecule has 0 fully saturated rings. The van der Waals surface area contributed by atoms with Crippen LogP contribution in [0.4, 0.5) is 0 Å². The molecule has 1 unspecified atom stereocenters. The molecule has 0 spiro atoms. The predicted molar refractivity (Wildman–Crippen MR) is 81.4 cm³/mol. The molecule has 4 heteroatoms. The first-order chi connectivity index (χ1) is 8.69. The molecule has 1 heterocycles. The maximum absolute atomic E-state index is 6.29. The van der Waals surface area contributed by atoms with E-state index in [0.29, 0.717) is 6.61 Å². The Morgan fingerprint density at radius 2 is 2.00 bits per heavy atom. The van der Waals surface area contributed by atoms with Crippen LogP contribution < -0.4 is 14.9 Å². The molecule has 0 saturated heterocycles. The largest absolute Gasteiger partial charge is 0.543 e. The number of rotatable bonds is 2. The zero-order valence-electron chi connectivity index (χ0n) is 12.6. The van der Waals surface area contributed by atoms with Crippen molar-refractivity contribution in [1.82, 2.24) is 0 Å². The highest BCUT2D eigenvalue weighted by atomic mass is 28.4. The molecular formula is C15H25NO2Si. The van der Waals surface area contributed by atoms with Crippen molar-refractivity contribution < 1.29 is 9.16 Å². The number of hydrogen-bond acceptors (Lipinski definition) is 3. The Kier molecular flexibility index (Phi) is 3.67. The molecule has 0 saturated carbocycles. The maximum atomic E-state index is 6.29. The highest BCUT2D eigenvalue weighted by Gasteiger charge is 2.39. The number of hydrogen-bond donors (Lipinski definition) is 1.